The van der Waals surface area contributed by atoms with Crippen LogP contribution in [0.1, 0.15) is 24.0 Å². The number of allylic oxidation sites excluding steroid dienone is 2. The lowest BCUT2D eigenvalue weighted by molar-refractivity contribution is -0.300. The first-order chi connectivity index (χ1) is 25.4. The molecule has 0 aliphatic carbocycles. The van der Waals surface area contributed by atoms with Gasteiger partial charge in [-0.25, -0.2) is 4.79 Å². The molecule has 52 heavy (non-hydrogen) atoms. The Morgan fingerprint density at radius 2 is 1.25 bits per heavy atom. The van der Waals surface area contributed by atoms with E-state index < -0.39 is 67.2 Å². The lowest BCUT2D eigenvalue weighted by Gasteiger charge is -2.44. The molecule has 270 valence electrons. The third kappa shape index (κ3) is 9.13. The Labute approximate surface area is 303 Å². The molecule has 7 atom stereocenters. The molecule has 4 aromatic rings. The average molecular weight is 706 g/mol. The first-order valence-corrected chi connectivity index (χ1v) is 17.5. The van der Waals surface area contributed by atoms with Gasteiger partial charge in [0.15, 0.2) is 24.6 Å². The number of rotatable bonds is 9. The van der Waals surface area contributed by atoms with Crippen molar-refractivity contribution in [1.82, 2.24) is 0 Å². The maximum atomic E-state index is 14.1. The highest BCUT2D eigenvalue weighted by atomic mass is 16.7. The molecular formula is C42H43NO9. The molecule has 0 unspecified atom stereocenters. The zero-order valence-corrected chi connectivity index (χ0v) is 28.9. The highest BCUT2D eigenvalue weighted by Crippen LogP contribution is 2.33. The van der Waals surface area contributed by atoms with Gasteiger partial charge in [-0.1, -0.05) is 121 Å². The minimum Gasteiger partial charge on any atom is -0.454 e. The van der Waals surface area contributed by atoms with Gasteiger partial charge in [0.2, 0.25) is 0 Å². The fourth-order valence-electron chi connectivity index (χ4n) is 6.65. The van der Waals surface area contributed by atoms with Crippen LogP contribution in [-0.4, -0.2) is 67.6 Å². The van der Waals surface area contributed by atoms with Crippen LogP contribution in [0.3, 0.4) is 0 Å². The maximum Gasteiger partial charge on any atom is 0.412 e. The lowest BCUT2D eigenvalue weighted by Crippen LogP contribution is -2.63. The van der Waals surface area contributed by atoms with Gasteiger partial charge in [0.25, 0.3) is 0 Å². The van der Waals surface area contributed by atoms with Gasteiger partial charge in [0.1, 0.15) is 6.10 Å². The second-order valence-corrected chi connectivity index (χ2v) is 12.9. The standard InChI is InChI=1S/C42H43NO9/c1-48-41-38-37(36(35(27-44)49-41)52-42(47)43-34-24-14-13-23-33(34)30-19-9-4-10-20-30)50-39(45)31(25-28-15-5-2-6-16-28)21-11-12-22-32(40(46)51-38)26-29-17-7-3-8-18-29/h2-20,23-24,31-32,35-38,41,44H,21-22,25-27H2,1H3,(H,43,47)/b12-11+/t31-,32-,35+,36+,37-,38+,41-/m0/s1. The molecular weight excluding hydrogens is 662 g/mol. The summed E-state index contributed by atoms with van der Waals surface area (Å²) in [7, 11) is 1.36. The minimum atomic E-state index is -1.39. The maximum absolute atomic E-state index is 14.1. The molecule has 0 radical (unpaired) electrons. The Morgan fingerprint density at radius 1 is 0.731 bits per heavy atom. The topological polar surface area (TPSA) is 130 Å². The first-order valence-electron chi connectivity index (χ1n) is 17.5. The van der Waals surface area contributed by atoms with Crippen molar-refractivity contribution in [2.24, 2.45) is 11.8 Å². The summed E-state index contributed by atoms with van der Waals surface area (Å²) in [6.45, 7) is -0.611. The van der Waals surface area contributed by atoms with Crippen LogP contribution in [0.15, 0.2) is 127 Å². The molecule has 2 aliphatic rings. The Morgan fingerprint density at radius 3 is 1.81 bits per heavy atom. The molecule has 4 aromatic carbocycles. The van der Waals surface area contributed by atoms with Crippen LogP contribution >= 0.6 is 0 Å². The fraction of sp³-hybridized carbons (Fsp3) is 0.310. The molecule has 6 rings (SSSR count). The Bertz CT molecular complexity index is 1800. The zero-order chi connectivity index (χ0) is 36.3. The fourth-order valence-corrected chi connectivity index (χ4v) is 6.65. The molecule has 2 heterocycles. The number of hydrogen-bond acceptors (Lipinski definition) is 9. The quantitative estimate of drug-likeness (QED) is 0.114. The van der Waals surface area contributed by atoms with Crippen LogP contribution in [0.25, 0.3) is 11.1 Å². The predicted molar refractivity (Wildman–Crippen MR) is 194 cm³/mol. The number of carbonyl (C=O) groups excluding carboxylic acids is 3. The monoisotopic (exact) mass is 705 g/mol. The van der Waals surface area contributed by atoms with E-state index in [1.54, 1.807) is 12.1 Å². The molecule has 0 spiro atoms. The summed E-state index contributed by atoms with van der Waals surface area (Å²) >= 11 is 0. The van der Waals surface area contributed by atoms with E-state index >= 15 is 0 Å². The van der Waals surface area contributed by atoms with E-state index in [0.717, 1.165) is 22.3 Å². The molecule has 1 amide bonds. The van der Waals surface area contributed by atoms with Crippen molar-refractivity contribution in [3.05, 3.63) is 139 Å². The third-order valence-corrected chi connectivity index (χ3v) is 9.32. The van der Waals surface area contributed by atoms with Gasteiger partial charge in [-0.2, -0.15) is 0 Å². The lowest BCUT2D eigenvalue weighted by atomic mass is 9.92. The number of hydrogen-bond donors (Lipinski definition) is 2. The van der Waals surface area contributed by atoms with Gasteiger partial charge >= 0.3 is 18.0 Å². The Kier molecular flexibility index (Phi) is 12.5. The van der Waals surface area contributed by atoms with Crippen LogP contribution in [0, 0.1) is 11.8 Å². The second-order valence-electron chi connectivity index (χ2n) is 12.9. The van der Waals surface area contributed by atoms with Crippen molar-refractivity contribution in [2.45, 2.75) is 56.4 Å². The number of aliphatic hydroxyl groups excluding tert-OH is 1. The number of methoxy groups -OCH3 is 1. The number of ether oxygens (including phenoxy) is 5. The number of amides is 1. The number of aliphatic hydroxyl groups is 1. The van der Waals surface area contributed by atoms with Gasteiger partial charge in [0, 0.05) is 12.7 Å². The van der Waals surface area contributed by atoms with E-state index in [9.17, 15) is 19.5 Å². The van der Waals surface area contributed by atoms with Crippen LogP contribution in [0.2, 0.25) is 0 Å². The second kappa shape index (κ2) is 17.8. The molecule has 0 saturated carbocycles. The highest BCUT2D eigenvalue weighted by molar-refractivity contribution is 5.91. The van der Waals surface area contributed by atoms with Crippen molar-refractivity contribution >= 4 is 23.7 Å². The summed E-state index contributed by atoms with van der Waals surface area (Å²) in [6, 6.07) is 36.0. The average Bonchev–Trinajstić information content (AvgIpc) is 3.17. The smallest absolute Gasteiger partial charge is 0.412 e. The highest BCUT2D eigenvalue weighted by Gasteiger charge is 2.53. The van der Waals surface area contributed by atoms with E-state index in [-0.39, 0.29) is 0 Å². The summed E-state index contributed by atoms with van der Waals surface area (Å²) in [5.74, 6) is -2.36. The molecule has 0 bridgehead atoms. The van der Waals surface area contributed by atoms with Gasteiger partial charge < -0.3 is 28.8 Å². The van der Waals surface area contributed by atoms with Gasteiger partial charge in [-0.15, -0.1) is 0 Å². The number of para-hydroxylation sites is 1. The number of esters is 2. The van der Waals surface area contributed by atoms with Crippen molar-refractivity contribution < 1.29 is 43.2 Å². The van der Waals surface area contributed by atoms with Crippen LogP contribution in [0.4, 0.5) is 10.5 Å². The van der Waals surface area contributed by atoms with E-state index in [1.165, 1.54) is 7.11 Å². The summed E-state index contributed by atoms with van der Waals surface area (Å²) in [5.41, 5.74) is 3.99. The van der Waals surface area contributed by atoms with Gasteiger partial charge in [-0.3, -0.25) is 14.9 Å². The molecule has 0 aromatic heterocycles. The van der Waals surface area contributed by atoms with Crippen molar-refractivity contribution in [1.29, 1.82) is 0 Å². The minimum absolute atomic E-state index is 0.341. The predicted octanol–water partition coefficient (Wildman–Crippen LogP) is 6.53. The summed E-state index contributed by atoms with van der Waals surface area (Å²) in [6.07, 6.45) is -2.15. The number of anilines is 1. The largest absolute Gasteiger partial charge is 0.454 e. The zero-order valence-electron chi connectivity index (χ0n) is 28.9. The van der Waals surface area contributed by atoms with Crippen molar-refractivity contribution in [3.63, 3.8) is 0 Å². The van der Waals surface area contributed by atoms with E-state index in [4.69, 9.17) is 23.7 Å². The summed E-state index contributed by atoms with van der Waals surface area (Å²) in [4.78, 5) is 41.7. The first kappa shape index (κ1) is 36.5. The number of fused-ring (bicyclic) bond motifs is 1. The molecule has 1 saturated heterocycles. The van der Waals surface area contributed by atoms with E-state index in [1.807, 2.05) is 115 Å². The molecule has 2 N–H and O–H groups in total. The molecule has 1 fully saturated rings. The number of carbonyl (C=O) groups is 3. The molecule has 2 aliphatic heterocycles. The SMILES string of the molecule is CO[C@H]1O[C@H](CO)[C@@H](OC(=O)Nc2ccccc2-c2ccccc2)[C@@H]2OC(=O)[C@H](Cc3ccccc3)C/C=C/C[C@@H](Cc3ccccc3)C(=O)O[C@@H]12. The van der Waals surface area contributed by atoms with E-state index in [0.29, 0.717) is 31.4 Å². The van der Waals surface area contributed by atoms with E-state index in [2.05, 4.69) is 5.32 Å². The van der Waals surface area contributed by atoms with Crippen molar-refractivity contribution in [2.75, 3.05) is 19.0 Å². The molecule has 10 heteroatoms. The van der Waals surface area contributed by atoms with Crippen LogP contribution in [0.5, 0.6) is 0 Å². The number of nitrogens with one attached hydrogen (secondary N) is 1. The molecule has 10 nitrogen and oxygen atoms in total. The Balaban J connectivity index is 1.33. The normalized spacial score (nSPS) is 25.6. The number of benzene rings is 4. The van der Waals surface area contributed by atoms with Gasteiger partial charge in [0.05, 0.1) is 24.1 Å². The summed E-state index contributed by atoms with van der Waals surface area (Å²) in [5, 5.41) is 13.3. The summed E-state index contributed by atoms with van der Waals surface area (Å²) < 4.78 is 29.9. The van der Waals surface area contributed by atoms with Gasteiger partial charge in [-0.05, 0) is 48.4 Å². The Hall–Kier alpha value is -5.29. The van der Waals surface area contributed by atoms with Crippen LogP contribution in [-0.2, 0) is 46.1 Å². The van der Waals surface area contributed by atoms with Crippen molar-refractivity contribution in [3.8, 4) is 11.1 Å². The third-order valence-electron chi connectivity index (χ3n) is 9.32. The van der Waals surface area contributed by atoms with Crippen LogP contribution < -0.4 is 5.32 Å².